The molecule has 160 valence electrons. The Morgan fingerprint density at radius 1 is 1.03 bits per heavy atom. The van der Waals surface area contributed by atoms with E-state index in [-0.39, 0.29) is 5.91 Å². The van der Waals surface area contributed by atoms with E-state index in [4.69, 9.17) is 0 Å². The van der Waals surface area contributed by atoms with E-state index in [1.165, 1.54) is 29.7 Å². The number of amides is 1. The molecule has 30 heavy (non-hydrogen) atoms. The average Bonchev–Trinajstić information content (AvgIpc) is 3.11. The van der Waals surface area contributed by atoms with E-state index in [1.54, 1.807) is 0 Å². The Morgan fingerprint density at radius 3 is 2.57 bits per heavy atom. The number of aryl methyl sites for hydroxylation is 1. The maximum atomic E-state index is 13.5. The average molecular weight is 406 g/mol. The number of para-hydroxylation sites is 1. The third-order valence-electron chi connectivity index (χ3n) is 6.83. The molecule has 0 spiro atoms. The molecule has 4 heteroatoms. The van der Waals surface area contributed by atoms with Crippen LogP contribution in [0.5, 0.6) is 0 Å². The second kappa shape index (κ2) is 9.22. The highest BCUT2D eigenvalue weighted by Gasteiger charge is 2.36. The zero-order valence-electron chi connectivity index (χ0n) is 18.6. The van der Waals surface area contributed by atoms with Gasteiger partial charge < -0.3 is 10.2 Å². The van der Waals surface area contributed by atoms with Crippen LogP contribution in [0.1, 0.15) is 49.8 Å². The first kappa shape index (κ1) is 20.9. The van der Waals surface area contributed by atoms with Crippen molar-refractivity contribution in [3.63, 3.8) is 0 Å². The smallest absolute Gasteiger partial charge is 0.227 e. The van der Waals surface area contributed by atoms with Crippen molar-refractivity contribution in [3.05, 3.63) is 65.2 Å². The first-order valence-corrected chi connectivity index (χ1v) is 11.4. The summed E-state index contributed by atoms with van der Waals surface area (Å²) in [5.74, 6) is 0.227. The van der Waals surface area contributed by atoms with Crippen molar-refractivity contribution in [3.8, 4) is 0 Å². The van der Waals surface area contributed by atoms with E-state index in [0.717, 1.165) is 25.1 Å². The fourth-order valence-corrected chi connectivity index (χ4v) is 5.31. The normalized spacial score (nSPS) is 22.3. The highest BCUT2D eigenvalue weighted by molar-refractivity contribution is 5.79. The first-order valence-electron chi connectivity index (χ1n) is 11.4. The fourth-order valence-electron chi connectivity index (χ4n) is 5.31. The molecule has 4 rings (SSSR count). The molecule has 0 aromatic heterocycles. The molecule has 1 saturated heterocycles. The largest absolute Gasteiger partial charge is 0.385 e. The number of hydrogen-bond donors (Lipinski definition) is 1. The zero-order chi connectivity index (χ0) is 21.1. The Balaban J connectivity index is 1.63. The van der Waals surface area contributed by atoms with Crippen LogP contribution in [0.2, 0.25) is 0 Å². The van der Waals surface area contributed by atoms with Crippen LogP contribution in [0.3, 0.4) is 0 Å². The summed E-state index contributed by atoms with van der Waals surface area (Å²) in [4.78, 5) is 18.3. The maximum absolute atomic E-state index is 13.5. The van der Waals surface area contributed by atoms with E-state index < -0.39 is 0 Å². The lowest BCUT2D eigenvalue weighted by Crippen LogP contribution is -2.48. The minimum absolute atomic E-state index is 0.227. The third kappa shape index (κ3) is 4.54. The number of fused-ring (bicyclic) bond motifs is 3. The van der Waals surface area contributed by atoms with Crippen molar-refractivity contribution in [2.24, 2.45) is 0 Å². The number of nitrogens with one attached hydrogen (secondary N) is 1. The standard InChI is InChI=1S/C26H35N3O/c1-19(2)29-23-12-13-24(29)18-28(26(30)16-21-9-5-4-8-20(21)3)17-22-10-6-7-11-25(22)27-15-14-23/h4-11,19,23-24,27H,12-18H2,1-3H3/t23-,24+/m1/s1. The van der Waals surface area contributed by atoms with Crippen molar-refractivity contribution >= 4 is 11.6 Å². The van der Waals surface area contributed by atoms with E-state index >= 15 is 0 Å². The van der Waals surface area contributed by atoms with Crippen molar-refractivity contribution in [1.29, 1.82) is 0 Å². The highest BCUT2D eigenvalue weighted by Crippen LogP contribution is 2.31. The minimum Gasteiger partial charge on any atom is -0.385 e. The molecule has 0 aliphatic carbocycles. The van der Waals surface area contributed by atoms with Gasteiger partial charge in [-0.25, -0.2) is 0 Å². The van der Waals surface area contributed by atoms with Gasteiger partial charge in [0, 0.05) is 43.4 Å². The molecule has 2 atom stereocenters. The molecular formula is C26H35N3O. The Kier molecular flexibility index (Phi) is 6.43. The van der Waals surface area contributed by atoms with Crippen LogP contribution in [0.25, 0.3) is 0 Å². The number of benzene rings is 2. The topological polar surface area (TPSA) is 35.6 Å². The fraction of sp³-hybridized carbons (Fsp3) is 0.500. The highest BCUT2D eigenvalue weighted by atomic mass is 16.2. The first-order chi connectivity index (χ1) is 14.5. The van der Waals surface area contributed by atoms with Gasteiger partial charge in [0.15, 0.2) is 0 Å². The maximum Gasteiger partial charge on any atom is 0.227 e. The summed E-state index contributed by atoms with van der Waals surface area (Å²) < 4.78 is 0. The summed E-state index contributed by atoms with van der Waals surface area (Å²) >= 11 is 0. The van der Waals surface area contributed by atoms with Crippen molar-refractivity contribution in [2.45, 2.75) is 71.1 Å². The quantitative estimate of drug-likeness (QED) is 0.809. The van der Waals surface area contributed by atoms with Gasteiger partial charge in [0.05, 0.1) is 6.42 Å². The molecule has 4 nitrogen and oxygen atoms in total. The summed E-state index contributed by atoms with van der Waals surface area (Å²) in [6.07, 6.45) is 4.03. The van der Waals surface area contributed by atoms with Crippen LogP contribution in [-0.2, 0) is 17.8 Å². The Hall–Kier alpha value is -2.33. The molecule has 0 unspecified atom stereocenters. The van der Waals surface area contributed by atoms with Gasteiger partial charge >= 0.3 is 0 Å². The summed E-state index contributed by atoms with van der Waals surface area (Å²) in [6.45, 7) is 9.15. The number of rotatable bonds is 3. The van der Waals surface area contributed by atoms with Gasteiger partial charge in [-0.05, 0) is 62.8 Å². The monoisotopic (exact) mass is 405 g/mol. The summed E-state index contributed by atoms with van der Waals surface area (Å²) in [7, 11) is 0. The number of carbonyl (C=O) groups excluding carboxylic acids is 1. The second-order valence-corrected chi connectivity index (χ2v) is 9.18. The molecule has 2 aliphatic rings. The number of hydrogen-bond acceptors (Lipinski definition) is 3. The Morgan fingerprint density at radius 2 is 1.77 bits per heavy atom. The summed E-state index contributed by atoms with van der Waals surface area (Å²) in [5.41, 5.74) is 4.70. The van der Waals surface area contributed by atoms with Crippen molar-refractivity contribution in [1.82, 2.24) is 9.80 Å². The predicted molar refractivity (Wildman–Crippen MR) is 124 cm³/mol. The molecule has 1 N–H and O–H groups in total. The molecule has 1 fully saturated rings. The van der Waals surface area contributed by atoms with Crippen LogP contribution in [0.15, 0.2) is 48.5 Å². The van der Waals surface area contributed by atoms with E-state index in [0.29, 0.717) is 31.1 Å². The summed E-state index contributed by atoms with van der Waals surface area (Å²) in [5, 5.41) is 3.66. The van der Waals surface area contributed by atoms with Gasteiger partial charge in [0.2, 0.25) is 5.91 Å². The SMILES string of the molecule is Cc1ccccc1CC(=O)N1Cc2ccccc2NCC[C@H]2CC[C@@H](C1)N2C(C)C. The van der Waals surface area contributed by atoms with Crippen LogP contribution < -0.4 is 5.32 Å². The molecule has 2 aliphatic heterocycles. The minimum atomic E-state index is 0.227. The number of nitrogens with zero attached hydrogens (tertiary/aromatic N) is 2. The van der Waals surface area contributed by atoms with Gasteiger partial charge in [0.25, 0.3) is 0 Å². The predicted octanol–water partition coefficient (Wildman–Crippen LogP) is 4.62. The van der Waals surface area contributed by atoms with Crippen molar-refractivity contribution in [2.75, 3.05) is 18.4 Å². The lowest BCUT2D eigenvalue weighted by atomic mass is 10.0. The number of carbonyl (C=O) groups is 1. The third-order valence-corrected chi connectivity index (χ3v) is 6.83. The van der Waals surface area contributed by atoms with Gasteiger partial charge in [0.1, 0.15) is 0 Å². The van der Waals surface area contributed by atoms with Gasteiger partial charge in [-0.2, -0.15) is 0 Å². The summed E-state index contributed by atoms with van der Waals surface area (Å²) in [6, 6.07) is 18.3. The van der Waals surface area contributed by atoms with E-state index in [2.05, 4.69) is 72.3 Å². The van der Waals surface area contributed by atoms with Crippen LogP contribution in [-0.4, -0.2) is 46.9 Å². The van der Waals surface area contributed by atoms with Crippen LogP contribution in [0.4, 0.5) is 5.69 Å². The van der Waals surface area contributed by atoms with E-state index in [1.807, 2.05) is 12.1 Å². The zero-order valence-corrected chi connectivity index (χ0v) is 18.6. The van der Waals surface area contributed by atoms with Gasteiger partial charge in [-0.15, -0.1) is 0 Å². The van der Waals surface area contributed by atoms with Crippen LogP contribution >= 0.6 is 0 Å². The van der Waals surface area contributed by atoms with Crippen molar-refractivity contribution < 1.29 is 4.79 Å². The molecule has 2 aromatic rings. The molecule has 0 saturated carbocycles. The molecule has 1 amide bonds. The second-order valence-electron chi connectivity index (χ2n) is 9.18. The van der Waals surface area contributed by atoms with Crippen LogP contribution in [0, 0.1) is 6.92 Å². The molecular weight excluding hydrogens is 370 g/mol. The van der Waals surface area contributed by atoms with Gasteiger partial charge in [-0.3, -0.25) is 9.69 Å². The lowest BCUT2D eigenvalue weighted by Gasteiger charge is -2.36. The molecule has 0 radical (unpaired) electrons. The van der Waals surface area contributed by atoms with E-state index in [9.17, 15) is 4.79 Å². The Bertz CT molecular complexity index is 878. The number of anilines is 1. The Labute approximate surface area is 181 Å². The lowest BCUT2D eigenvalue weighted by molar-refractivity contribution is -0.132. The van der Waals surface area contributed by atoms with Gasteiger partial charge in [-0.1, -0.05) is 42.5 Å². The molecule has 2 aromatic carbocycles. The molecule has 2 heterocycles. The molecule has 2 bridgehead atoms.